The number of hydrogen-bond acceptors (Lipinski definition) is 6. The number of rotatable bonds is 7. The molecule has 27 heavy (non-hydrogen) atoms. The second kappa shape index (κ2) is 9.25. The molecular weight excluding hydrogens is 408 g/mol. The van der Waals surface area contributed by atoms with Crippen LogP contribution in [0.25, 0.3) is 0 Å². The first-order valence-corrected chi connectivity index (χ1v) is 10.4. The van der Waals surface area contributed by atoms with Crippen LogP contribution in [0, 0.1) is 0 Å². The molecular formula is C18H17ClN2O4S2. The summed E-state index contributed by atoms with van der Waals surface area (Å²) in [4.78, 5) is 38.5. The molecule has 2 heterocycles. The molecule has 1 saturated heterocycles. The Labute approximate surface area is 169 Å². The molecule has 0 aliphatic carbocycles. The third-order valence-corrected chi connectivity index (χ3v) is 6.46. The summed E-state index contributed by atoms with van der Waals surface area (Å²) in [5.74, 6) is -0.741. The number of benzene rings is 1. The summed E-state index contributed by atoms with van der Waals surface area (Å²) < 4.78 is 5.75. The van der Waals surface area contributed by atoms with Crippen molar-refractivity contribution in [2.45, 2.75) is 12.0 Å². The van der Waals surface area contributed by atoms with Crippen molar-refractivity contribution in [3.8, 4) is 0 Å². The Balaban J connectivity index is 1.46. The highest BCUT2D eigenvalue weighted by molar-refractivity contribution is 8.00. The van der Waals surface area contributed by atoms with Gasteiger partial charge in [0.15, 0.2) is 0 Å². The van der Waals surface area contributed by atoms with E-state index < -0.39 is 11.9 Å². The first-order chi connectivity index (χ1) is 13.0. The van der Waals surface area contributed by atoms with Gasteiger partial charge in [-0.15, -0.1) is 23.1 Å². The number of thiophene rings is 1. The van der Waals surface area contributed by atoms with Crippen LogP contribution < -0.4 is 5.32 Å². The highest BCUT2D eigenvalue weighted by Crippen LogP contribution is 2.42. The second-order valence-corrected chi connectivity index (χ2v) is 8.57. The molecule has 1 aromatic heterocycles. The van der Waals surface area contributed by atoms with Gasteiger partial charge in [-0.05, 0) is 17.7 Å². The number of nitrogens with zero attached hydrogens (tertiary/aromatic N) is 1. The first-order valence-electron chi connectivity index (χ1n) is 8.15. The van der Waals surface area contributed by atoms with Gasteiger partial charge in [-0.2, -0.15) is 0 Å². The Bertz CT molecular complexity index is 828. The van der Waals surface area contributed by atoms with E-state index in [1.807, 2.05) is 36.4 Å². The summed E-state index contributed by atoms with van der Waals surface area (Å²) in [6, 6.07) is 12.9. The Kier molecular flexibility index (Phi) is 6.76. The van der Waals surface area contributed by atoms with Crippen LogP contribution in [-0.2, 0) is 25.7 Å². The van der Waals surface area contributed by atoms with E-state index >= 15 is 0 Å². The fraction of sp³-hybridized carbons (Fsp3) is 0.278. The maximum atomic E-state index is 12.2. The van der Waals surface area contributed by atoms with Gasteiger partial charge in [0.25, 0.3) is 0 Å². The van der Waals surface area contributed by atoms with Crippen LogP contribution in [0.1, 0.15) is 15.8 Å². The molecule has 2 amide bonds. The van der Waals surface area contributed by atoms with E-state index in [1.165, 1.54) is 28.0 Å². The number of thioether (sulfide) groups is 1. The third-order valence-electron chi connectivity index (χ3n) is 3.79. The van der Waals surface area contributed by atoms with E-state index in [0.29, 0.717) is 10.1 Å². The van der Waals surface area contributed by atoms with Crippen LogP contribution in [0.3, 0.4) is 0 Å². The van der Waals surface area contributed by atoms with Gasteiger partial charge in [0, 0.05) is 4.88 Å². The Morgan fingerprint density at radius 1 is 1.22 bits per heavy atom. The molecule has 0 saturated carbocycles. The molecule has 6 nitrogen and oxygen atoms in total. The molecule has 1 unspecified atom stereocenters. The first kappa shape index (κ1) is 19.7. The lowest BCUT2D eigenvalue weighted by Gasteiger charge is -2.22. The quantitative estimate of drug-likeness (QED) is 0.692. The maximum absolute atomic E-state index is 12.2. The SMILES string of the molecule is O=C(CN1C(=O)CSC1c1ccc(Cl)s1)NCC(=O)OCc1ccccc1. The fourth-order valence-corrected chi connectivity index (χ4v) is 4.98. The molecule has 142 valence electrons. The number of hydrogen-bond donors (Lipinski definition) is 1. The summed E-state index contributed by atoms with van der Waals surface area (Å²) in [5, 5.41) is 2.27. The lowest BCUT2D eigenvalue weighted by molar-refractivity contribution is -0.145. The summed E-state index contributed by atoms with van der Waals surface area (Å²) in [5.41, 5.74) is 0.870. The van der Waals surface area contributed by atoms with Gasteiger partial charge in [-0.1, -0.05) is 41.9 Å². The van der Waals surface area contributed by atoms with Crippen LogP contribution in [0.4, 0.5) is 0 Å². The van der Waals surface area contributed by atoms with Crippen molar-refractivity contribution in [3.63, 3.8) is 0 Å². The van der Waals surface area contributed by atoms with E-state index in [0.717, 1.165) is 10.4 Å². The summed E-state index contributed by atoms with van der Waals surface area (Å²) in [6.07, 6.45) is 0. The van der Waals surface area contributed by atoms with Crippen molar-refractivity contribution in [2.24, 2.45) is 0 Å². The van der Waals surface area contributed by atoms with Crippen LogP contribution in [0.2, 0.25) is 4.34 Å². The average Bonchev–Trinajstić information content (AvgIpc) is 3.25. The number of amides is 2. The largest absolute Gasteiger partial charge is 0.460 e. The number of carbonyl (C=O) groups is 3. The highest BCUT2D eigenvalue weighted by atomic mass is 35.5. The van der Waals surface area contributed by atoms with E-state index in [9.17, 15) is 14.4 Å². The van der Waals surface area contributed by atoms with Crippen molar-refractivity contribution < 1.29 is 19.1 Å². The molecule has 1 aliphatic heterocycles. The number of nitrogens with one attached hydrogen (secondary N) is 1. The van der Waals surface area contributed by atoms with Gasteiger partial charge in [-0.25, -0.2) is 0 Å². The molecule has 0 spiro atoms. The Hall–Kier alpha value is -2.03. The molecule has 1 aromatic carbocycles. The molecule has 2 aromatic rings. The standard InChI is InChI=1S/C18H17ClN2O4S2/c19-14-7-6-13(27-14)18-21(16(23)11-26-18)9-15(22)20-8-17(24)25-10-12-4-2-1-3-5-12/h1-7,18H,8-11H2,(H,20,22). The lowest BCUT2D eigenvalue weighted by atomic mass is 10.2. The van der Waals surface area contributed by atoms with Gasteiger partial charge in [0.1, 0.15) is 25.1 Å². The minimum absolute atomic E-state index is 0.113. The lowest BCUT2D eigenvalue weighted by Crippen LogP contribution is -2.41. The topological polar surface area (TPSA) is 75.7 Å². The van der Waals surface area contributed by atoms with Gasteiger partial charge in [-0.3, -0.25) is 14.4 Å². The summed E-state index contributed by atoms with van der Waals surface area (Å²) >= 11 is 8.80. The van der Waals surface area contributed by atoms with E-state index in [2.05, 4.69) is 5.32 Å². The predicted octanol–water partition coefficient (Wildman–Crippen LogP) is 2.84. The maximum Gasteiger partial charge on any atom is 0.325 e. The number of ether oxygens (including phenoxy) is 1. The average molecular weight is 425 g/mol. The zero-order chi connectivity index (χ0) is 19.2. The number of carbonyl (C=O) groups excluding carboxylic acids is 3. The zero-order valence-corrected chi connectivity index (χ0v) is 16.6. The van der Waals surface area contributed by atoms with Crippen molar-refractivity contribution >= 4 is 52.5 Å². The normalized spacial score (nSPS) is 16.4. The third kappa shape index (κ3) is 5.47. The Morgan fingerprint density at radius 2 is 2.00 bits per heavy atom. The minimum Gasteiger partial charge on any atom is -0.460 e. The molecule has 9 heteroatoms. The predicted molar refractivity (Wildman–Crippen MR) is 105 cm³/mol. The van der Waals surface area contributed by atoms with E-state index in [1.54, 1.807) is 6.07 Å². The molecule has 1 atom stereocenters. The van der Waals surface area contributed by atoms with Gasteiger partial charge in [0.2, 0.25) is 11.8 Å². The highest BCUT2D eigenvalue weighted by Gasteiger charge is 2.35. The Morgan fingerprint density at radius 3 is 2.70 bits per heavy atom. The summed E-state index contributed by atoms with van der Waals surface area (Å²) in [6.45, 7) is -0.202. The molecule has 1 aliphatic rings. The smallest absolute Gasteiger partial charge is 0.325 e. The number of halogens is 1. The van der Waals surface area contributed by atoms with Gasteiger partial charge >= 0.3 is 5.97 Å². The van der Waals surface area contributed by atoms with Gasteiger partial charge < -0.3 is 15.0 Å². The fourth-order valence-electron chi connectivity index (χ4n) is 2.49. The van der Waals surface area contributed by atoms with Crippen LogP contribution >= 0.6 is 34.7 Å². The van der Waals surface area contributed by atoms with Crippen molar-refractivity contribution in [1.82, 2.24) is 10.2 Å². The molecule has 1 fully saturated rings. The van der Waals surface area contributed by atoms with Crippen LogP contribution in [-0.4, -0.2) is 41.5 Å². The zero-order valence-electron chi connectivity index (χ0n) is 14.2. The van der Waals surface area contributed by atoms with E-state index in [4.69, 9.17) is 16.3 Å². The van der Waals surface area contributed by atoms with Crippen molar-refractivity contribution in [3.05, 3.63) is 57.2 Å². The molecule has 0 radical (unpaired) electrons. The second-order valence-electron chi connectivity index (χ2n) is 5.75. The van der Waals surface area contributed by atoms with E-state index in [-0.39, 0.29) is 31.0 Å². The van der Waals surface area contributed by atoms with Crippen molar-refractivity contribution in [2.75, 3.05) is 18.8 Å². The summed E-state index contributed by atoms with van der Waals surface area (Å²) in [7, 11) is 0. The van der Waals surface area contributed by atoms with Crippen LogP contribution in [0.5, 0.6) is 0 Å². The number of esters is 1. The molecule has 0 bridgehead atoms. The monoisotopic (exact) mass is 424 g/mol. The van der Waals surface area contributed by atoms with Crippen LogP contribution in [0.15, 0.2) is 42.5 Å². The van der Waals surface area contributed by atoms with Gasteiger partial charge in [0.05, 0.1) is 10.1 Å². The van der Waals surface area contributed by atoms with Crippen molar-refractivity contribution in [1.29, 1.82) is 0 Å². The minimum atomic E-state index is -0.532. The molecule has 1 N–H and O–H groups in total. The molecule has 3 rings (SSSR count).